The van der Waals surface area contributed by atoms with Gasteiger partial charge in [0.15, 0.2) is 0 Å². The second kappa shape index (κ2) is 3.72. The SMILES string of the molecule is c1cn2cc(OCC3CC4(CNC4)C3)ccc2n1. The van der Waals surface area contributed by atoms with Crippen molar-refractivity contribution in [2.75, 3.05) is 19.7 Å². The van der Waals surface area contributed by atoms with Crippen molar-refractivity contribution in [1.29, 1.82) is 0 Å². The molecule has 1 aliphatic carbocycles. The molecule has 1 aliphatic heterocycles. The topological polar surface area (TPSA) is 38.6 Å². The molecule has 18 heavy (non-hydrogen) atoms. The van der Waals surface area contributed by atoms with Gasteiger partial charge in [-0.25, -0.2) is 4.98 Å². The maximum absolute atomic E-state index is 5.88. The monoisotopic (exact) mass is 243 g/mol. The van der Waals surface area contributed by atoms with Crippen molar-refractivity contribution in [1.82, 2.24) is 14.7 Å². The molecule has 2 aromatic heterocycles. The molecule has 0 atom stereocenters. The number of nitrogens with zero attached hydrogens (tertiary/aromatic N) is 2. The number of ether oxygens (including phenoxy) is 1. The first-order valence-corrected chi connectivity index (χ1v) is 6.59. The van der Waals surface area contributed by atoms with Crippen molar-refractivity contribution in [3.05, 3.63) is 30.7 Å². The molecule has 0 bridgehead atoms. The molecule has 3 heterocycles. The zero-order valence-electron chi connectivity index (χ0n) is 10.3. The van der Waals surface area contributed by atoms with Crippen molar-refractivity contribution >= 4 is 5.65 Å². The predicted octanol–water partition coefficient (Wildman–Crippen LogP) is 1.71. The average Bonchev–Trinajstić information content (AvgIpc) is 2.72. The third kappa shape index (κ3) is 1.60. The Morgan fingerprint density at radius 2 is 2.28 bits per heavy atom. The van der Waals surface area contributed by atoms with Crippen molar-refractivity contribution in [3.8, 4) is 5.75 Å². The van der Waals surface area contributed by atoms with E-state index >= 15 is 0 Å². The number of aromatic nitrogens is 2. The van der Waals surface area contributed by atoms with Crippen LogP contribution in [0.4, 0.5) is 0 Å². The Kier molecular flexibility index (Phi) is 2.14. The first kappa shape index (κ1) is 10.4. The molecule has 0 aromatic carbocycles. The summed E-state index contributed by atoms with van der Waals surface area (Å²) in [5.74, 6) is 1.68. The summed E-state index contributed by atoms with van der Waals surface area (Å²) in [6, 6.07) is 4.00. The predicted molar refractivity (Wildman–Crippen MR) is 68.7 cm³/mol. The smallest absolute Gasteiger partial charge is 0.136 e. The molecule has 0 radical (unpaired) electrons. The van der Waals surface area contributed by atoms with Gasteiger partial charge in [-0.1, -0.05) is 0 Å². The van der Waals surface area contributed by atoms with Gasteiger partial charge >= 0.3 is 0 Å². The zero-order valence-corrected chi connectivity index (χ0v) is 10.3. The van der Waals surface area contributed by atoms with Crippen molar-refractivity contribution in [3.63, 3.8) is 0 Å². The van der Waals surface area contributed by atoms with E-state index in [1.165, 1.54) is 25.9 Å². The highest BCUT2D eigenvalue weighted by molar-refractivity contribution is 5.41. The normalized spacial score (nSPS) is 21.8. The van der Waals surface area contributed by atoms with Crippen LogP contribution in [0.25, 0.3) is 5.65 Å². The van der Waals surface area contributed by atoms with Crippen LogP contribution in [0.5, 0.6) is 5.75 Å². The summed E-state index contributed by atoms with van der Waals surface area (Å²) in [5, 5.41) is 3.36. The lowest BCUT2D eigenvalue weighted by Crippen LogP contribution is -2.60. The second-order valence-electron chi connectivity index (χ2n) is 5.75. The van der Waals surface area contributed by atoms with Gasteiger partial charge in [0.25, 0.3) is 0 Å². The van der Waals surface area contributed by atoms with E-state index in [9.17, 15) is 0 Å². The quantitative estimate of drug-likeness (QED) is 0.892. The minimum atomic E-state index is 0.641. The van der Waals surface area contributed by atoms with Crippen LogP contribution in [0.15, 0.2) is 30.7 Å². The molecular weight excluding hydrogens is 226 g/mol. The number of nitrogens with one attached hydrogen (secondary N) is 1. The van der Waals surface area contributed by atoms with Gasteiger partial charge in [-0.05, 0) is 36.3 Å². The van der Waals surface area contributed by atoms with Gasteiger partial charge in [-0.15, -0.1) is 0 Å². The first-order chi connectivity index (χ1) is 8.83. The summed E-state index contributed by atoms with van der Waals surface area (Å²) < 4.78 is 7.87. The van der Waals surface area contributed by atoms with Crippen LogP contribution in [0.2, 0.25) is 0 Å². The van der Waals surface area contributed by atoms with E-state index in [0.29, 0.717) is 5.41 Å². The van der Waals surface area contributed by atoms with Crippen molar-refractivity contribution in [2.45, 2.75) is 12.8 Å². The van der Waals surface area contributed by atoms with E-state index in [4.69, 9.17) is 4.74 Å². The fraction of sp³-hybridized carbons (Fsp3) is 0.500. The van der Waals surface area contributed by atoms with Crippen LogP contribution in [0.1, 0.15) is 12.8 Å². The highest BCUT2D eigenvalue weighted by Crippen LogP contribution is 2.48. The summed E-state index contributed by atoms with van der Waals surface area (Å²) >= 11 is 0. The Bertz CT molecular complexity index is 565. The van der Waals surface area contributed by atoms with E-state index in [1.807, 2.05) is 28.9 Å². The first-order valence-electron chi connectivity index (χ1n) is 6.59. The van der Waals surface area contributed by atoms with Crippen LogP contribution in [0.3, 0.4) is 0 Å². The lowest BCUT2D eigenvalue weighted by molar-refractivity contribution is -0.0199. The van der Waals surface area contributed by atoms with E-state index in [0.717, 1.165) is 23.9 Å². The number of imidazole rings is 1. The second-order valence-corrected chi connectivity index (χ2v) is 5.75. The van der Waals surface area contributed by atoms with Crippen molar-refractivity contribution in [2.24, 2.45) is 11.3 Å². The lowest BCUT2D eigenvalue weighted by Gasteiger charge is -2.54. The number of fused-ring (bicyclic) bond motifs is 1. The lowest BCUT2D eigenvalue weighted by atomic mass is 9.59. The van der Waals surface area contributed by atoms with Gasteiger partial charge in [0, 0.05) is 25.5 Å². The van der Waals surface area contributed by atoms with E-state index < -0.39 is 0 Å². The third-order valence-electron chi connectivity index (χ3n) is 4.29. The van der Waals surface area contributed by atoms with E-state index in [1.54, 1.807) is 6.20 Å². The van der Waals surface area contributed by atoms with Gasteiger partial charge in [-0.2, -0.15) is 0 Å². The Morgan fingerprint density at radius 3 is 3.06 bits per heavy atom. The molecule has 2 fully saturated rings. The summed E-state index contributed by atoms with van der Waals surface area (Å²) in [7, 11) is 0. The van der Waals surface area contributed by atoms with E-state index in [-0.39, 0.29) is 0 Å². The van der Waals surface area contributed by atoms with Gasteiger partial charge in [-0.3, -0.25) is 0 Å². The molecule has 1 saturated carbocycles. The van der Waals surface area contributed by atoms with E-state index in [2.05, 4.69) is 10.3 Å². The molecule has 4 rings (SSSR count). The van der Waals surface area contributed by atoms with Crippen LogP contribution >= 0.6 is 0 Å². The molecule has 2 aliphatic rings. The third-order valence-corrected chi connectivity index (χ3v) is 4.29. The number of hydrogen-bond donors (Lipinski definition) is 1. The molecule has 1 spiro atoms. The molecule has 1 saturated heterocycles. The standard InChI is InChI=1S/C14H17N3O/c1-2-13-16-3-4-17(13)7-12(1)18-8-11-5-14(6-11)9-15-10-14/h1-4,7,11,15H,5-6,8-10H2. The van der Waals surface area contributed by atoms with Crippen LogP contribution in [0, 0.1) is 11.3 Å². The number of rotatable bonds is 3. The summed E-state index contributed by atoms with van der Waals surface area (Å²) in [6.45, 7) is 3.27. The summed E-state index contributed by atoms with van der Waals surface area (Å²) in [4.78, 5) is 4.22. The molecule has 94 valence electrons. The van der Waals surface area contributed by atoms with Gasteiger partial charge in [0.05, 0.1) is 12.8 Å². The highest BCUT2D eigenvalue weighted by Gasteiger charge is 2.48. The Morgan fingerprint density at radius 1 is 1.39 bits per heavy atom. The summed E-state index contributed by atoms with van der Waals surface area (Å²) in [5.41, 5.74) is 1.60. The minimum absolute atomic E-state index is 0.641. The van der Waals surface area contributed by atoms with Gasteiger partial charge in [0.2, 0.25) is 0 Å². The highest BCUT2D eigenvalue weighted by atomic mass is 16.5. The maximum Gasteiger partial charge on any atom is 0.136 e. The fourth-order valence-corrected chi connectivity index (χ4v) is 3.25. The minimum Gasteiger partial charge on any atom is -0.492 e. The Balaban J connectivity index is 1.37. The molecule has 4 nitrogen and oxygen atoms in total. The van der Waals surface area contributed by atoms with Crippen LogP contribution in [-0.4, -0.2) is 29.1 Å². The molecular formula is C14H17N3O. The van der Waals surface area contributed by atoms with Gasteiger partial charge < -0.3 is 14.5 Å². The van der Waals surface area contributed by atoms with Crippen LogP contribution in [-0.2, 0) is 0 Å². The molecule has 0 amide bonds. The zero-order chi connectivity index (χ0) is 12.0. The molecule has 0 unspecified atom stereocenters. The van der Waals surface area contributed by atoms with Gasteiger partial charge in [0.1, 0.15) is 11.4 Å². The Hall–Kier alpha value is -1.55. The Labute approximate surface area is 106 Å². The summed E-state index contributed by atoms with van der Waals surface area (Å²) in [6.07, 6.45) is 8.40. The molecule has 2 aromatic rings. The largest absolute Gasteiger partial charge is 0.492 e. The average molecular weight is 243 g/mol. The van der Waals surface area contributed by atoms with Crippen LogP contribution < -0.4 is 10.1 Å². The number of pyridine rings is 1. The van der Waals surface area contributed by atoms with Crippen molar-refractivity contribution < 1.29 is 4.74 Å². The maximum atomic E-state index is 5.88. The number of hydrogen-bond acceptors (Lipinski definition) is 3. The fourth-order valence-electron chi connectivity index (χ4n) is 3.25. The molecule has 1 N–H and O–H groups in total. The molecule has 4 heteroatoms.